The van der Waals surface area contributed by atoms with Crippen LogP contribution in [0.15, 0.2) is 0 Å². The van der Waals surface area contributed by atoms with Gasteiger partial charge in [-0.15, -0.1) is 0 Å². The molecule has 0 amide bonds. The minimum Gasteiger partial charge on any atom is -0.365 e. The second-order valence-corrected chi connectivity index (χ2v) is 14.8. The van der Waals surface area contributed by atoms with Crippen molar-refractivity contribution in [2.24, 2.45) is 56.7 Å². The number of hydrogen-bond donors (Lipinski definition) is 1. The standard InChI is InChI=1S/C29H48O2/c1-24(2)13-7-14-25(3)21(24)12-16-26(4)22(25)8-9-23-27(26,5)15-10-20-19-11-17-29(20,23)18-31-28(19,6)30/h19-23,30H,7-18H2,1-6H3/t19-,20-,21+,22+,23+,25-,26+,27+,28-,29+/m0/s1. The van der Waals surface area contributed by atoms with Gasteiger partial charge >= 0.3 is 0 Å². The highest BCUT2D eigenvalue weighted by Gasteiger charge is 2.73. The van der Waals surface area contributed by atoms with E-state index in [4.69, 9.17) is 4.74 Å². The molecule has 1 N–H and O–H groups in total. The summed E-state index contributed by atoms with van der Waals surface area (Å²) in [7, 11) is 0. The first-order valence-electron chi connectivity index (χ1n) is 13.8. The van der Waals surface area contributed by atoms with E-state index < -0.39 is 5.79 Å². The predicted octanol–water partition coefficient (Wildman–Crippen LogP) is 7.20. The number of aliphatic hydroxyl groups is 1. The summed E-state index contributed by atoms with van der Waals surface area (Å²) in [6.45, 7) is 16.1. The highest BCUT2D eigenvalue weighted by atomic mass is 16.6. The zero-order valence-corrected chi connectivity index (χ0v) is 21.2. The van der Waals surface area contributed by atoms with E-state index in [0.717, 1.165) is 24.4 Å². The van der Waals surface area contributed by atoms with Crippen molar-refractivity contribution in [2.45, 2.75) is 118 Å². The van der Waals surface area contributed by atoms with Gasteiger partial charge in [0, 0.05) is 11.3 Å². The molecule has 6 rings (SSSR count). The summed E-state index contributed by atoms with van der Waals surface area (Å²) < 4.78 is 6.26. The lowest BCUT2D eigenvalue weighted by molar-refractivity contribution is -0.316. The molecule has 6 aliphatic rings. The van der Waals surface area contributed by atoms with Gasteiger partial charge < -0.3 is 9.84 Å². The molecule has 0 unspecified atom stereocenters. The van der Waals surface area contributed by atoms with Gasteiger partial charge in [-0.05, 0) is 116 Å². The van der Waals surface area contributed by atoms with Crippen molar-refractivity contribution in [1.82, 2.24) is 0 Å². The molecule has 0 aromatic heterocycles. The third-order valence-electron chi connectivity index (χ3n) is 13.7. The second kappa shape index (κ2) is 6.12. The molecule has 0 spiro atoms. The fourth-order valence-electron chi connectivity index (χ4n) is 12.3. The Morgan fingerprint density at radius 2 is 1.29 bits per heavy atom. The molecule has 1 heterocycles. The van der Waals surface area contributed by atoms with Gasteiger partial charge in [0.25, 0.3) is 0 Å². The number of hydrogen-bond acceptors (Lipinski definition) is 2. The van der Waals surface area contributed by atoms with Crippen LogP contribution in [0.3, 0.4) is 0 Å². The van der Waals surface area contributed by atoms with Gasteiger partial charge in [0.15, 0.2) is 5.79 Å². The summed E-state index contributed by atoms with van der Waals surface area (Å²) in [6.07, 6.45) is 15.3. The summed E-state index contributed by atoms with van der Waals surface area (Å²) in [4.78, 5) is 0. The van der Waals surface area contributed by atoms with Crippen LogP contribution in [0.1, 0.15) is 112 Å². The number of ether oxygens (including phenoxy) is 1. The molecule has 1 saturated heterocycles. The Morgan fingerprint density at radius 3 is 2.06 bits per heavy atom. The molecule has 0 radical (unpaired) electrons. The van der Waals surface area contributed by atoms with Crippen LogP contribution in [-0.2, 0) is 4.74 Å². The summed E-state index contributed by atoms with van der Waals surface area (Å²) in [6, 6.07) is 0. The maximum atomic E-state index is 11.0. The Morgan fingerprint density at radius 1 is 0.645 bits per heavy atom. The first-order chi connectivity index (χ1) is 14.4. The average molecular weight is 429 g/mol. The van der Waals surface area contributed by atoms with Crippen LogP contribution in [-0.4, -0.2) is 17.5 Å². The third kappa shape index (κ3) is 2.38. The van der Waals surface area contributed by atoms with E-state index in [2.05, 4.69) is 34.6 Å². The normalized spacial score (nSPS) is 62.2. The average Bonchev–Trinajstić information content (AvgIpc) is 3.00. The summed E-state index contributed by atoms with van der Waals surface area (Å²) in [5.41, 5.74) is 2.29. The van der Waals surface area contributed by atoms with Crippen molar-refractivity contribution in [3.63, 3.8) is 0 Å². The van der Waals surface area contributed by atoms with E-state index in [1.54, 1.807) is 0 Å². The molecule has 5 saturated carbocycles. The zero-order chi connectivity index (χ0) is 22.1. The van der Waals surface area contributed by atoms with Crippen molar-refractivity contribution in [3.8, 4) is 0 Å². The minimum absolute atomic E-state index is 0.345. The Bertz CT molecular complexity index is 771. The molecule has 31 heavy (non-hydrogen) atoms. The van der Waals surface area contributed by atoms with Gasteiger partial charge in [0.05, 0.1) is 6.61 Å². The van der Waals surface area contributed by atoms with E-state index in [0.29, 0.717) is 38.9 Å². The number of fused-ring (bicyclic) bond motifs is 5. The molecule has 2 nitrogen and oxygen atoms in total. The van der Waals surface area contributed by atoms with E-state index >= 15 is 0 Å². The predicted molar refractivity (Wildman–Crippen MR) is 125 cm³/mol. The Labute approximate surface area is 191 Å². The highest BCUT2D eigenvalue weighted by Crippen LogP contribution is 2.78. The minimum atomic E-state index is -0.890. The first-order valence-corrected chi connectivity index (χ1v) is 13.8. The molecule has 1 aliphatic heterocycles. The molecule has 5 aliphatic carbocycles. The molecular formula is C29H48O2. The fraction of sp³-hybridized carbons (Fsp3) is 1.00. The lowest BCUT2D eigenvalue weighted by Crippen LogP contribution is -2.68. The molecule has 6 fully saturated rings. The fourth-order valence-corrected chi connectivity index (χ4v) is 12.3. The molecule has 2 heteroatoms. The summed E-state index contributed by atoms with van der Waals surface area (Å²) in [5.74, 6) is 2.75. The van der Waals surface area contributed by atoms with Gasteiger partial charge in [0.1, 0.15) is 0 Å². The second-order valence-electron chi connectivity index (χ2n) is 14.8. The lowest BCUT2D eigenvalue weighted by Gasteiger charge is -2.73. The molecule has 2 bridgehead atoms. The quantitative estimate of drug-likeness (QED) is 0.442. The van der Waals surface area contributed by atoms with Crippen molar-refractivity contribution in [3.05, 3.63) is 0 Å². The molecular weight excluding hydrogens is 380 g/mol. The van der Waals surface area contributed by atoms with Gasteiger partial charge in [-0.2, -0.15) is 0 Å². The van der Waals surface area contributed by atoms with E-state index in [-0.39, 0.29) is 0 Å². The monoisotopic (exact) mass is 428 g/mol. The van der Waals surface area contributed by atoms with E-state index in [9.17, 15) is 5.11 Å². The zero-order valence-electron chi connectivity index (χ0n) is 21.2. The van der Waals surface area contributed by atoms with Crippen LogP contribution in [0.5, 0.6) is 0 Å². The van der Waals surface area contributed by atoms with Crippen molar-refractivity contribution in [2.75, 3.05) is 6.61 Å². The van der Waals surface area contributed by atoms with Crippen LogP contribution < -0.4 is 0 Å². The topological polar surface area (TPSA) is 29.5 Å². The lowest BCUT2D eigenvalue weighted by atomic mass is 9.32. The summed E-state index contributed by atoms with van der Waals surface area (Å²) in [5, 5.41) is 11.0. The smallest absolute Gasteiger partial charge is 0.165 e. The largest absolute Gasteiger partial charge is 0.365 e. The van der Waals surface area contributed by atoms with Crippen molar-refractivity contribution < 1.29 is 9.84 Å². The molecule has 176 valence electrons. The molecule has 0 aromatic carbocycles. The molecule has 0 aromatic rings. The molecule has 10 atom stereocenters. The van der Waals surface area contributed by atoms with Crippen LogP contribution >= 0.6 is 0 Å². The Hall–Kier alpha value is -0.0800. The SMILES string of the molecule is CC1(C)CCC[C@@]2(C)[C@@H]1CC[C@]1(C)[C@@H]2CC[C@H]2[C@@]34CC[C@@H]([C@@H]3CC[C@]21C)[C@@](C)(O)OC4. The van der Waals surface area contributed by atoms with Crippen LogP contribution in [0, 0.1) is 56.7 Å². The van der Waals surface area contributed by atoms with Crippen LogP contribution in [0.25, 0.3) is 0 Å². The van der Waals surface area contributed by atoms with Gasteiger partial charge in [-0.3, -0.25) is 0 Å². The van der Waals surface area contributed by atoms with Gasteiger partial charge in [0.2, 0.25) is 0 Å². The van der Waals surface area contributed by atoms with Crippen LogP contribution in [0.4, 0.5) is 0 Å². The van der Waals surface area contributed by atoms with E-state index in [1.807, 2.05) is 6.92 Å². The van der Waals surface area contributed by atoms with Gasteiger partial charge in [-0.1, -0.05) is 41.0 Å². The Balaban J connectivity index is 1.39. The maximum absolute atomic E-state index is 11.0. The first kappa shape index (κ1) is 21.5. The van der Waals surface area contributed by atoms with Crippen LogP contribution in [0.2, 0.25) is 0 Å². The van der Waals surface area contributed by atoms with E-state index in [1.165, 1.54) is 70.6 Å². The maximum Gasteiger partial charge on any atom is 0.165 e. The van der Waals surface area contributed by atoms with Gasteiger partial charge in [-0.25, -0.2) is 0 Å². The third-order valence-corrected chi connectivity index (χ3v) is 13.7. The summed E-state index contributed by atoms with van der Waals surface area (Å²) >= 11 is 0. The number of rotatable bonds is 0. The van der Waals surface area contributed by atoms with Crippen molar-refractivity contribution in [1.29, 1.82) is 0 Å². The highest BCUT2D eigenvalue weighted by molar-refractivity contribution is 5.20. The Kier molecular flexibility index (Phi) is 4.24. The van der Waals surface area contributed by atoms with Crippen molar-refractivity contribution >= 4 is 0 Å².